The standard InChI is InChI=1S/C19H32N4O2/c1-11(21-16(25)22-17(2,3)4)18(5,6)15(24)23-10-12-14(13(23)9-20)19(12,7)8/h11-14H,10H2,1-8H3,(H2,21,22,25)/t11-,12?,13?,14?/m0/s1. The third-order valence-electron chi connectivity index (χ3n) is 6.07. The van der Waals surface area contributed by atoms with Gasteiger partial charge >= 0.3 is 6.03 Å². The molecule has 25 heavy (non-hydrogen) atoms. The molecule has 0 aromatic carbocycles. The summed E-state index contributed by atoms with van der Waals surface area (Å²) < 4.78 is 0. The summed E-state index contributed by atoms with van der Waals surface area (Å²) in [7, 11) is 0. The Morgan fingerprint density at radius 2 is 1.80 bits per heavy atom. The van der Waals surface area contributed by atoms with E-state index in [1.165, 1.54) is 0 Å². The summed E-state index contributed by atoms with van der Waals surface area (Å²) in [5.74, 6) is 0.611. The van der Waals surface area contributed by atoms with E-state index >= 15 is 0 Å². The highest BCUT2D eigenvalue weighted by atomic mass is 16.2. The summed E-state index contributed by atoms with van der Waals surface area (Å²) in [6.07, 6.45) is 0. The Morgan fingerprint density at radius 3 is 2.28 bits per heavy atom. The third kappa shape index (κ3) is 3.47. The Hall–Kier alpha value is -1.77. The van der Waals surface area contributed by atoms with Gasteiger partial charge in [0.25, 0.3) is 0 Å². The van der Waals surface area contributed by atoms with Gasteiger partial charge in [0, 0.05) is 24.0 Å². The molecule has 6 nitrogen and oxygen atoms in total. The maximum absolute atomic E-state index is 13.1. The van der Waals surface area contributed by atoms with E-state index in [9.17, 15) is 14.9 Å². The largest absolute Gasteiger partial charge is 0.335 e. The molecule has 1 aliphatic carbocycles. The van der Waals surface area contributed by atoms with Gasteiger partial charge in [-0.3, -0.25) is 4.79 Å². The number of carbonyl (C=O) groups excluding carboxylic acids is 2. The van der Waals surface area contributed by atoms with E-state index in [4.69, 9.17) is 0 Å². The molecule has 2 fully saturated rings. The first kappa shape index (κ1) is 19.6. The maximum atomic E-state index is 13.1. The lowest BCUT2D eigenvalue weighted by molar-refractivity contribution is -0.142. The van der Waals surface area contributed by atoms with Gasteiger partial charge in [0.05, 0.1) is 11.5 Å². The van der Waals surface area contributed by atoms with Gasteiger partial charge in [-0.25, -0.2) is 4.79 Å². The quantitative estimate of drug-likeness (QED) is 0.822. The summed E-state index contributed by atoms with van der Waals surface area (Å²) in [6, 6.07) is 1.33. The molecule has 1 aliphatic heterocycles. The van der Waals surface area contributed by atoms with Crippen LogP contribution in [-0.2, 0) is 4.79 Å². The molecule has 0 spiro atoms. The van der Waals surface area contributed by atoms with Gasteiger partial charge in [-0.15, -0.1) is 0 Å². The smallest absolute Gasteiger partial charge is 0.315 e. The molecule has 0 aromatic rings. The van der Waals surface area contributed by atoms with E-state index in [0.717, 1.165) is 0 Å². The van der Waals surface area contributed by atoms with Gasteiger partial charge < -0.3 is 15.5 Å². The summed E-state index contributed by atoms with van der Waals surface area (Å²) in [5, 5.41) is 15.3. The number of nitriles is 1. The normalized spacial score (nSPS) is 28.6. The lowest BCUT2D eigenvalue weighted by Gasteiger charge is -2.38. The van der Waals surface area contributed by atoms with Crippen molar-refractivity contribution in [1.82, 2.24) is 15.5 Å². The minimum absolute atomic E-state index is 0.0643. The monoisotopic (exact) mass is 348 g/mol. The molecular formula is C19H32N4O2. The Balaban J connectivity index is 2.05. The number of hydrogen-bond acceptors (Lipinski definition) is 3. The van der Waals surface area contributed by atoms with Crippen molar-refractivity contribution in [3.05, 3.63) is 0 Å². The summed E-state index contributed by atoms with van der Waals surface area (Å²) in [4.78, 5) is 27.0. The topological polar surface area (TPSA) is 85.2 Å². The zero-order valence-electron chi connectivity index (χ0n) is 16.7. The third-order valence-corrected chi connectivity index (χ3v) is 6.07. The van der Waals surface area contributed by atoms with Crippen molar-refractivity contribution in [1.29, 1.82) is 5.26 Å². The minimum atomic E-state index is -0.786. The molecule has 140 valence electrons. The molecule has 2 N–H and O–H groups in total. The summed E-state index contributed by atoms with van der Waals surface area (Å²) >= 11 is 0. The zero-order valence-corrected chi connectivity index (χ0v) is 16.7. The predicted molar refractivity (Wildman–Crippen MR) is 96.5 cm³/mol. The van der Waals surface area contributed by atoms with Gasteiger partial charge in [0.1, 0.15) is 6.04 Å². The number of rotatable bonds is 3. The van der Waals surface area contributed by atoms with Crippen LogP contribution in [0.25, 0.3) is 0 Å². The highest BCUT2D eigenvalue weighted by Gasteiger charge is 2.68. The molecule has 2 rings (SSSR count). The van der Waals surface area contributed by atoms with Gasteiger partial charge in [-0.05, 0) is 52.9 Å². The van der Waals surface area contributed by atoms with Crippen molar-refractivity contribution >= 4 is 11.9 Å². The molecule has 0 bridgehead atoms. The molecule has 0 radical (unpaired) electrons. The number of urea groups is 1. The summed E-state index contributed by atoms with van der Waals surface area (Å²) in [6.45, 7) is 16.2. The van der Waals surface area contributed by atoms with Crippen molar-refractivity contribution < 1.29 is 9.59 Å². The average Bonchev–Trinajstić information content (AvgIpc) is 2.82. The van der Waals surface area contributed by atoms with Gasteiger partial charge in [-0.1, -0.05) is 13.8 Å². The van der Waals surface area contributed by atoms with E-state index in [-0.39, 0.29) is 40.9 Å². The van der Waals surface area contributed by atoms with Crippen molar-refractivity contribution in [3.63, 3.8) is 0 Å². The van der Waals surface area contributed by atoms with Gasteiger partial charge in [0.15, 0.2) is 0 Å². The number of nitrogens with zero attached hydrogens (tertiary/aromatic N) is 2. The molecule has 1 heterocycles. The molecule has 6 heteroatoms. The molecule has 0 aromatic heterocycles. The van der Waals surface area contributed by atoms with Crippen LogP contribution in [-0.4, -0.2) is 41.0 Å². The van der Waals surface area contributed by atoms with Crippen LogP contribution < -0.4 is 10.6 Å². The van der Waals surface area contributed by atoms with Crippen molar-refractivity contribution in [2.45, 2.75) is 73.0 Å². The predicted octanol–water partition coefficient (Wildman–Crippen LogP) is 2.51. The van der Waals surface area contributed by atoms with Crippen LogP contribution in [0.1, 0.15) is 55.4 Å². The van der Waals surface area contributed by atoms with Crippen LogP contribution in [0.2, 0.25) is 0 Å². The van der Waals surface area contributed by atoms with Crippen molar-refractivity contribution in [3.8, 4) is 6.07 Å². The molecule has 3 unspecified atom stereocenters. The fourth-order valence-electron chi connectivity index (χ4n) is 3.95. The lowest BCUT2D eigenvalue weighted by Crippen LogP contribution is -2.57. The first-order valence-corrected chi connectivity index (χ1v) is 9.03. The number of carbonyl (C=O) groups is 2. The average molecular weight is 348 g/mol. The van der Waals surface area contributed by atoms with Crippen LogP contribution in [0.15, 0.2) is 0 Å². The SMILES string of the molecule is C[C@H](NC(=O)NC(C)(C)C)C(C)(C)C(=O)N1CC2C(C1C#N)C2(C)C. The van der Waals surface area contributed by atoms with E-state index < -0.39 is 5.41 Å². The molecule has 4 atom stereocenters. The number of nitrogens with one attached hydrogen (secondary N) is 2. The maximum Gasteiger partial charge on any atom is 0.315 e. The second-order valence-corrected chi connectivity index (χ2v) is 9.78. The Labute approximate surface area is 151 Å². The van der Waals surface area contributed by atoms with Gasteiger partial charge in [-0.2, -0.15) is 5.26 Å². The van der Waals surface area contributed by atoms with Crippen molar-refractivity contribution in [2.75, 3.05) is 6.54 Å². The summed E-state index contributed by atoms with van der Waals surface area (Å²) in [5.41, 5.74) is -0.977. The van der Waals surface area contributed by atoms with Crippen LogP contribution in [0.5, 0.6) is 0 Å². The number of hydrogen-bond donors (Lipinski definition) is 2. The number of amides is 3. The molecular weight excluding hydrogens is 316 g/mol. The van der Waals surface area contributed by atoms with Crippen LogP contribution in [0, 0.1) is 34.0 Å². The molecule has 1 saturated carbocycles. The highest BCUT2D eigenvalue weighted by molar-refractivity contribution is 5.85. The zero-order chi connectivity index (χ0) is 19.4. The molecule has 3 amide bonds. The minimum Gasteiger partial charge on any atom is -0.335 e. The van der Waals surface area contributed by atoms with Crippen LogP contribution in [0.3, 0.4) is 0 Å². The lowest BCUT2D eigenvalue weighted by atomic mass is 9.83. The Morgan fingerprint density at radius 1 is 1.24 bits per heavy atom. The molecule has 1 saturated heterocycles. The number of fused-ring (bicyclic) bond motifs is 1. The first-order chi connectivity index (χ1) is 11.2. The second kappa shape index (κ2) is 5.89. The number of piperidine rings is 1. The Kier molecular flexibility index (Phi) is 4.61. The fraction of sp³-hybridized carbons (Fsp3) is 0.842. The molecule has 2 aliphatic rings. The van der Waals surface area contributed by atoms with E-state index in [0.29, 0.717) is 12.5 Å². The number of likely N-dealkylation sites (tertiary alicyclic amines) is 1. The first-order valence-electron chi connectivity index (χ1n) is 9.03. The van der Waals surface area contributed by atoms with Gasteiger partial charge in [0.2, 0.25) is 5.91 Å². The van der Waals surface area contributed by atoms with Crippen molar-refractivity contribution in [2.24, 2.45) is 22.7 Å². The van der Waals surface area contributed by atoms with Crippen LogP contribution in [0.4, 0.5) is 4.79 Å². The van der Waals surface area contributed by atoms with E-state index in [1.54, 1.807) is 4.90 Å². The van der Waals surface area contributed by atoms with E-state index in [1.807, 2.05) is 41.5 Å². The highest BCUT2D eigenvalue weighted by Crippen LogP contribution is 2.65. The second-order valence-electron chi connectivity index (χ2n) is 9.78. The van der Waals surface area contributed by atoms with E-state index in [2.05, 4.69) is 30.6 Å². The van der Waals surface area contributed by atoms with Crippen LogP contribution >= 0.6 is 0 Å². The fourth-order valence-corrected chi connectivity index (χ4v) is 3.95. The Bertz CT molecular complexity index is 612.